The summed E-state index contributed by atoms with van der Waals surface area (Å²) in [5.74, 6) is 0.473. The van der Waals surface area contributed by atoms with E-state index in [-0.39, 0.29) is 23.3 Å². The number of piperidine rings is 2. The van der Waals surface area contributed by atoms with E-state index in [0.29, 0.717) is 30.6 Å². The monoisotopic (exact) mass is 463 g/mol. The first-order valence-electron chi connectivity index (χ1n) is 11.7. The van der Waals surface area contributed by atoms with E-state index in [2.05, 4.69) is 15.0 Å². The first kappa shape index (κ1) is 23.0. The number of fused-ring (bicyclic) bond motifs is 1. The molecule has 4 rings (SSSR count). The lowest BCUT2D eigenvalue weighted by Crippen LogP contribution is -2.54. The zero-order valence-corrected chi connectivity index (χ0v) is 19.5. The van der Waals surface area contributed by atoms with Crippen LogP contribution in [0.2, 0.25) is 0 Å². The SMILES string of the molecule is COC(=O)Nc1ccc(S(=O)(=O)N2CCC[C@@H](C(=O)N3CCC[C@H]4CCCC[C@@H]43)C2)cc1. The summed E-state index contributed by atoms with van der Waals surface area (Å²) in [4.78, 5) is 27.0. The number of hydrogen-bond donors (Lipinski definition) is 1. The van der Waals surface area contributed by atoms with Crippen molar-refractivity contribution in [2.75, 3.05) is 32.1 Å². The molecule has 0 unspecified atom stereocenters. The number of carbonyl (C=O) groups excluding carboxylic acids is 2. The molecule has 0 bridgehead atoms. The normalized spacial score (nSPS) is 26.8. The Labute approximate surface area is 190 Å². The minimum absolute atomic E-state index is 0.138. The van der Waals surface area contributed by atoms with E-state index in [0.717, 1.165) is 25.8 Å². The van der Waals surface area contributed by atoms with E-state index in [9.17, 15) is 18.0 Å². The van der Waals surface area contributed by atoms with Crippen molar-refractivity contribution in [1.82, 2.24) is 9.21 Å². The average Bonchev–Trinajstić information content (AvgIpc) is 2.83. The van der Waals surface area contributed by atoms with Crippen molar-refractivity contribution < 1.29 is 22.7 Å². The molecule has 2 saturated heterocycles. The third-order valence-electron chi connectivity index (χ3n) is 7.18. The highest BCUT2D eigenvalue weighted by molar-refractivity contribution is 7.89. The van der Waals surface area contributed by atoms with Gasteiger partial charge in [0.25, 0.3) is 0 Å². The van der Waals surface area contributed by atoms with Crippen LogP contribution in [0.1, 0.15) is 51.4 Å². The number of nitrogens with one attached hydrogen (secondary N) is 1. The fourth-order valence-electron chi connectivity index (χ4n) is 5.52. The summed E-state index contributed by atoms with van der Waals surface area (Å²) in [6.07, 6.45) is 7.78. The van der Waals surface area contributed by atoms with Gasteiger partial charge in [-0.1, -0.05) is 12.8 Å². The van der Waals surface area contributed by atoms with E-state index in [4.69, 9.17) is 0 Å². The number of likely N-dealkylation sites (tertiary alicyclic amines) is 1. The predicted molar refractivity (Wildman–Crippen MR) is 121 cm³/mol. The summed E-state index contributed by atoms with van der Waals surface area (Å²) in [6.45, 7) is 1.45. The van der Waals surface area contributed by atoms with E-state index in [1.165, 1.54) is 61.4 Å². The molecule has 1 aliphatic carbocycles. The Balaban J connectivity index is 1.44. The number of benzene rings is 1. The Morgan fingerprint density at radius 1 is 0.969 bits per heavy atom. The van der Waals surface area contributed by atoms with Gasteiger partial charge < -0.3 is 9.64 Å². The number of sulfonamides is 1. The van der Waals surface area contributed by atoms with E-state index in [1.54, 1.807) is 0 Å². The lowest BCUT2D eigenvalue weighted by molar-refractivity contribution is -0.143. The van der Waals surface area contributed by atoms with Crippen LogP contribution in [0.3, 0.4) is 0 Å². The van der Waals surface area contributed by atoms with Crippen molar-refractivity contribution >= 4 is 27.7 Å². The maximum atomic E-state index is 13.4. The Morgan fingerprint density at radius 3 is 2.41 bits per heavy atom. The van der Waals surface area contributed by atoms with Crippen molar-refractivity contribution in [1.29, 1.82) is 0 Å². The Morgan fingerprint density at radius 2 is 1.66 bits per heavy atom. The molecule has 3 atom stereocenters. The predicted octanol–water partition coefficient (Wildman–Crippen LogP) is 3.45. The molecule has 1 aromatic rings. The molecule has 32 heavy (non-hydrogen) atoms. The van der Waals surface area contributed by atoms with E-state index >= 15 is 0 Å². The third kappa shape index (κ3) is 4.78. The second-order valence-corrected chi connectivity index (χ2v) is 11.1. The molecular weight excluding hydrogens is 430 g/mol. The van der Waals surface area contributed by atoms with Crippen LogP contribution < -0.4 is 5.32 Å². The van der Waals surface area contributed by atoms with Gasteiger partial charge in [-0.3, -0.25) is 10.1 Å². The first-order valence-corrected chi connectivity index (χ1v) is 13.1. The Bertz CT molecular complexity index is 931. The minimum atomic E-state index is -3.71. The molecule has 2 amide bonds. The number of carbonyl (C=O) groups is 2. The molecule has 176 valence electrons. The topological polar surface area (TPSA) is 96.0 Å². The highest BCUT2D eigenvalue weighted by Gasteiger charge is 2.40. The number of anilines is 1. The number of methoxy groups -OCH3 is 1. The van der Waals surface area contributed by atoms with Crippen LogP contribution in [0.25, 0.3) is 0 Å². The van der Waals surface area contributed by atoms with Gasteiger partial charge in [0.05, 0.1) is 17.9 Å². The summed E-state index contributed by atoms with van der Waals surface area (Å²) in [7, 11) is -2.45. The summed E-state index contributed by atoms with van der Waals surface area (Å²) in [5, 5.41) is 2.51. The molecule has 0 aromatic heterocycles. The zero-order valence-electron chi connectivity index (χ0n) is 18.7. The lowest BCUT2D eigenvalue weighted by Gasteiger charge is -2.46. The molecule has 1 N–H and O–H groups in total. The Kier molecular flexibility index (Phi) is 7.05. The van der Waals surface area contributed by atoms with Crippen LogP contribution in [0.15, 0.2) is 29.2 Å². The van der Waals surface area contributed by atoms with Gasteiger partial charge in [-0.05, 0) is 68.7 Å². The van der Waals surface area contributed by atoms with Gasteiger partial charge in [-0.15, -0.1) is 0 Å². The van der Waals surface area contributed by atoms with Gasteiger partial charge in [0.15, 0.2) is 0 Å². The van der Waals surface area contributed by atoms with Crippen LogP contribution in [-0.4, -0.2) is 62.4 Å². The number of ether oxygens (including phenoxy) is 1. The van der Waals surface area contributed by atoms with Gasteiger partial charge in [-0.25, -0.2) is 13.2 Å². The number of nitrogens with zero attached hydrogens (tertiary/aromatic N) is 2. The quantitative estimate of drug-likeness (QED) is 0.738. The van der Waals surface area contributed by atoms with Crippen LogP contribution in [0, 0.1) is 11.8 Å². The van der Waals surface area contributed by atoms with Gasteiger partial charge >= 0.3 is 6.09 Å². The van der Waals surface area contributed by atoms with E-state index < -0.39 is 16.1 Å². The molecule has 2 aliphatic heterocycles. The van der Waals surface area contributed by atoms with Crippen LogP contribution in [0.4, 0.5) is 10.5 Å². The number of amides is 2. The molecule has 3 aliphatic rings. The summed E-state index contributed by atoms with van der Waals surface area (Å²) >= 11 is 0. The standard InChI is InChI=1S/C23H33N3O5S/c1-31-23(28)24-19-10-12-20(13-11-19)32(29,30)25-14-4-8-18(16-25)22(27)26-15-5-7-17-6-2-3-9-21(17)26/h10-13,17-18,21H,2-9,14-16H2,1H3,(H,24,28)/t17-,18-,21+/m1/s1. The van der Waals surface area contributed by atoms with Crippen molar-refractivity contribution in [2.24, 2.45) is 11.8 Å². The van der Waals surface area contributed by atoms with Gasteiger partial charge in [0, 0.05) is 31.4 Å². The molecule has 9 heteroatoms. The zero-order chi connectivity index (χ0) is 22.7. The molecule has 3 fully saturated rings. The Hall–Kier alpha value is -2.13. The highest BCUT2D eigenvalue weighted by Crippen LogP contribution is 2.37. The van der Waals surface area contributed by atoms with E-state index in [1.807, 2.05) is 0 Å². The molecule has 1 saturated carbocycles. The molecule has 0 radical (unpaired) electrons. The smallest absolute Gasteiger partial charge is 0.411 e. The largest absolute Gasteiger partial charge is 0.453 e. The van der Waals surface area contributed by atoms with Crippen LogP contribution >= 0.6 is 0 Å². The molecule has 2 heterocycles. The fraction of sp³-hybridized carbons (Fsp3) is 0.652. The lowest BCUT2D eigenvalue weighted by atomic mass is 9.77. The van der Waals surface area contributed by atoms with Crippen molar-refractivity contribution in [3.63, 3.8) is 0 Å². The summed E-state index contributed by atoms with van der Waals surface area (Å²) in [6, 6.07) is 6.36. The molecule has 8 nitrogen and oxygen atoms in total. The van der Waals surface area contributed by atoms with Crippen molar-refractivity contribution in [3.8, 4) is 0 Å². The molecule has 1 aromatic carbocycles. The number of rotatable bonds is 4. The second kappa shape index (κ2) is 9.79. The van der Waals surface area contributed by atoms with Crippen LogP contribution in [-0.2, 0) is 19.6 Å². The van der Waals surface area contributed by atoms with Crippen molar-refractivity contribution in [2.45, 2.75) is 62.3 Å². The second-order valence-electron chi connectivity index (χ2n) is 9.13. The summed E-state index contributed by atoms with van der Waals surface area (Å²) in [5.41, 5.74) is 0.453. The van der Waals surface area contributed by atoms with Crippen LogP contribution in [0.5, 0.6) is 0 Å². The van der Waals surface area contributed by atoms with Gasteiger partial charge in [0.2, 0.25) is 15.9 Å². The van der Waals surface area contributed by atoms with Gasteiger partial charge in [0.1, 0.15) is 0 Å². The average molecular weight is 464 g/mol. The minimum Gasteiger partial charge on any atom is -0.453 e. The number of hydrogen-bond acceptors (Lipinski definition) is 5. The summed E-state index contributed by atoms with van der Waals surface area (Å²) < 4.78 is 32.5. The highest BCUT2D eigenvalue weighted by atomic mass is 32.2. The maximum absolute atomic E-state index is 13.4. The fourth-order valence-corrected chi connectivity index (χ4v) is 7.05. The molecule has 0 spiro atoms. The first-order chi connectivity index (χ1) is 15.4. The maximum Gasteiger partial charge on any atom is 0.411 e. The van der Waals surface area contributed by atoms with Gasteiger partial charge in [-0.2, -0.15) is 4.31 Å². The van der Waals surface area contributed by atoms with Crippen molar-refractivity contribution in [3.05, 3.63) is 24.3 Å². The third-order valence-corrected chi connectivity index (χ3v) is 9.06. The molecular formula is C23H33N3O5S.